The van der Waals surface area contributed by atoms with E-state index in [1.165, 1.54) is 55.4 Å². The first-order valence-electron chi connectivity index (χ1n) is 46.3. The Balaban J connectivity index is -0.000000254. The molecule has 0 aliphatic heterocycles. The summed E-state index contributed by atoms with van der Waals surface area (Å²) in [5.74, 6) is -4.32. The summed E-state index contributed by atoms with van der Waals surface area (Å²) in [7, 11) is 0. The minimum absolute atomic E-state index is 0.0106. The fourth-order valence-corrected chi connectivity index (χ4v) is 14.4. The number of alkyl halides is 30. The van der Waals surface area contributed by atoms with Gasteiger partial charge >= 0.3 is 61.8 Å². The summed E-state index contributed by atoms with van der Waals surface area (Å²) in [5, 5.41) is 0. The lowest BCUT2D eigenvalue weighted by molar-refractivity contribution is -0.364. The van der Waals surface area contributed by atoms with Crippen molar-refractivity contribution in [3.8, 4) is 0 Å². The highest BCUT2D eigenvalue weighted by Crippen LogP contribution is 2.62. The molecule has 0 aromatic rings. The van der Waals surface area contributed by atoms with Crippen LogP contribution in [0.4, 0.5) is 132 Å². The highest BCUT2D eigenvalue weighted by atomic mass is 19.5. The fraction of sp³-hybridized carbons (Fsp3) is 1.00. The summed E-state index contributed by atoms with van der Waals surface area (Å²) in [6, 6.07) is 0. The van der Waals surface area contributed by atoms with Crippen molar-refractivity contribution >= 4 is 0 Å². The third kappa shape index (κ3) is 46.0. The molecule has 0 radical (unpaired) electrons. The summed E-state index contributed by atoms with van der Waals surface area (Å²) >= 11 is 0. The first-order valence-corrected chi connectivity index (χ1v) is 46.3. The van der Waals surface area contributed by atoms with Crippen LogP contribution in [-0.2, 0) is 0 Å². The smallest absolute Gasteiger partial charge is 0.171 e. The van der Waals surface area contributed by atoms with Crippen LogP contribution >= 0.6 is 0 Å². The molecule has 30 heteroatoms. The Bertz CT molecular complexity index is 2860. The molecule has 4 aliphatic carbocycles. The average Bonchev–Trinajstić information content (AvgIpc) is 0.716. The summed E-state index contributed by atoms with van der Waals surface area (Å²) in [6.45, 7) is 81.8. The normalized spacial score (nSPS) is 22.7. The van der Waals surface area contributed by atoms with Crippen LogP contribution in [0.3, 0.4) is 0 Å². The molecule has 4 fully saturated rings. The van der Waals surface area contributed by atoms with Crippen molar-refractivity contribution in [2.24, 2.45) is 166 Å². The molecule has 0 nitrogen and oxygen atoms in total. The summed E-state index contributed by atoms with van der Waals surface area (Å²) in [5.41, 5.74) is -10.0. The molecule has 11 atom stereocenters. The van der Waals surface area contributed by atoms with Gasteiger partial charge in [0.15, 0.2) is 5.41 Å². The van der Waals surface area contributed by atoms with E-state index in [1.807, 2.05) is 90.0 Å². The SMILES string of the molecule is CC(C)(C)C(C)(C)C(C)(C)C(F)(F)F.CC(C)(C)C(C)(C)C(F)(F)F.CC(C)C(C)(C)C(C)(C)C.CC(C)C(C)(C)C(C)C(F)(F)F.CC(C)[C@@H](C)C(C)(C)C.CC(C)[C@@H](C)C(C)C(F)(F)F.CC1CCC(C(F)(F)F)CC1.CC1CCCC(C(F)(F)F)[C@@H]1C.C[C@@H]1CCCC(C(F)(F)F)C1.C[C@@H]1CCCCC1(C(F)(F)F)C(F)(F)F.C[C@H](C(C)(C)C)C(C)(C)C(F)(F)F. The minimum Gasteiger partial charge on any atom is -0.171 e. The van der Waals surface area contributed by atoms with Crippen LogP contribution in [0.1, 0.15) is 408 Å². The van der Waals surface area contributed by atoms with Gasteiger partial charge in [0.05, 0.1) is 45.8 Å². The van der Waals surface area contributed by atoms with Crippen molar-refractivity contribution in [3.05, 3.63) is 0 Å². The van der Waals surface area contributed by atoms with E-state index in [1.54, 1.807) is 69.2 Å². The van der Waals surface area contributed by atoms with Crippen LogP contribution in [0.25, 0.3) is 0 Å². The summed E-state index contributed by atoms with van der Waals surface area (Å²) in [6.07, 6.45) is -36.7. The Morgan fingerprint density at radius 1 is 0.279 bits per heavy atom. The maximum Gasteiger partial charge on any atom is 0.403 e. The van der Waals surface area contributed by atoms with Gasteiger partial charge in [-0.05, 0) is 159 Å². The molecule has 0 N–H and O–H groups in total. The van der Waals surface area contributed by atoms with Gasteiger partial charge in [-0.3, -0.25) is 0 Å². The second kappa shape index (κ2) is 51.2. The van der Waals surface area contributed by atoms with Crippen molar-refractivity contribution in [2.45, 2.75) is 470 Å². The molecule has 0 aromatic heterocycles. The van der Waals surface area contributed by atoms with Crippen molar-refractivity contribution in [2.75, 3.05) is 0 Å². The number of rotatable bonds is 8. The largest absolute Gasteiger partial charge is 0.403 e. The van der Waals surface area contributed by atoms with E-state index >= 15 is 0 Å². The lowest BCUT2D eigenvalue weighted by Crippen LogP contribution is -2.55. The van der Waals surface area contributed by atoms with Gasteiger partial charge in [-0.15, -0.1) is 0 Å². The van der Waals surface area contributed by atoms with Crippen LogP contribution in [0.2, 0.25) is 0 Å². The fourth-order valence-electron chi connectivity index (χ4n) is 14.4. The maximum absolute atomic E-state index is 12.9. The van der Waals surface area contributed by atoms with Gasteiger partial charge in [-0.25, -0.2) is 0 Å². The first kappa shape index (κ1) is 140. The molecule has 5 unspecified atom stereocenters. The first-order chi connectivity index (χ1) is 55.6. The van der Waals surface area contributed by atoms with Crippen molar-refractivity contribution in [1.29, 1.82) is 0 Å². The summed E-state index contributed by atoms with van der Waals surface area (Å²) in [4.78, 5) is 0. The molecular weight excluding hydrogens is 1760 g/mol. The maximum atomic E-state index is 12.9. The van der Waals surface area contributed by atoms with E-state index in [2.05, 4.69) is 90.0 Å². The molecule has 0 spiro atoms. The zero-order valence-electron chi connectivity index (χ0n) is 87.8. The van der Waals surface area contributed by atoms with E-state index in [-0.39, 0.29) is 59.2 Å². The molecule has 129 heavy (non-hydrogen) atoms. The minimum atomic E-state index is -5.20. The quantitative estimate of drug-likeness (QED) is 0.213. The number of hydrogen-bond acceptors (Lipinski definition) is 0. The van der Waals surface area contributed by atoms with Gasteiger partial charge in [0, 0.05) is 0 Å². The predicted octanol–water partition coefficient (Wildman–Crippen LogP) is 41.6. The Labute approximate surface area is 764 Å². The van der Waals surface area contributed by atoms with Gasteiger partial charge < -0.3 is 0 Å². The molecule has 4 rings (SSSR count). The van der Waals surface area contributed by atoms with Crippen molar-refractivity contribution < 1.29 is 132 Å². The second-order valence-electron chi connectivity index (χ2n) is 47.9. The summed E-state index contributed by atoms with van der Waals surface area (Å²) < 4.78 is 372. The second-order valence-corrected chi connectivity index (χ2v) is 47.9. The monoisotopic (exact) mass is 1940 g/mol. The highest BCUT2D eigenvalue weighted by Gasteiger charge is 2.73. The molecule has 0 saturated heterocycles. The Hall–Kier alpha value is -2.10. The molecule has 4 aliphatic rings. The van der Waals surface area contributed by atoms with Crippen molar-refractivity contribution in [3.63, 3.8) is 0 Å². The van der Waals surface area contributed by atoms with Crippen molar-refractivity contribution in [1.82, 2.24) is 0 Å². The number of halogens is 30. The molecule has 0 aromatic carbocycles. The topological polar surface area (TPSA) is 0 Å². The molecule has 0 bridgehead atoms. The van der Waals surface area contributed by atoms with E-state index in [4.69, 9.17) is 0 Å². The van der Waals surface area contributed by atoms with Gasteiger partial charge in [-0.1, -0.05) is 363 Å². The third-order valence-electron chi connectivity index (χ3n) is 32.4. The molecule has 4 saturated carbocycles. The van der Waals surface area contributed by atoms with Crippen LogP contribution < -0.4 is 0 Å². The molecule has 788 valence electrons. The lowest BCUT2D eigenvalue weighted by atomic mass is 9.55. The van der Waals surface area contributed by atoms with E-state index in [9.17, 15) is 132 Å². The van der Waals surface area contributed by atoms with Crippen LogP contribution in [0.15, 0.2) is 0 Å². The van der Waals surface area contributed by atoms with Gasteiger partial charge in [-0.2, -0.15) is 132 Å². The van der Waals surface area contributed by atoms with E-state index in [0.29, 0.717) is 60.7 Å². The van der Waals surface area contributed by atoms with Gasteiger partial charge in [0.1, 0.15) is 0 Å². The standard InChI is InChI=1S/C11H21F3.C10H19F3.C10H22.C9H12F6.C9H15F3.C9H17F3.C9H20.2C8H13F3.2C8H15F3/c1-8(2,3)9(4,5)10(6,7)11(12,13)14;1-7(8(2,3)4)9(5,6)10(11,12)13;1-8(2)10(6,7)9(3,4)5;1-6-4-2-3-5-7(6,8(10,11)12)9(13,14)15;1-6-4-3-5-8(7(6)2)9(10,11)12;1-6(2)8(4,5)7(3)9(10,11)12;1-7(2)8(3)9(4,5)6;1-6-2-4-7(5-3-6)8(9,10)11;1-6-3-2-4-7(5-6)8(9,10)11;1-6(2,3)7(4,5)8(9,10)11;1-5(2)6(3)7(4)8(9,10)11/h1-7H3;7H,1-6H3;8H,1-7H3;6H,2-5H2,1H3;6-8H,3-5H2,1-2H3;6-7H,1-5H3;7-8H,1-6H3;2*6-7H,2-5H2,1H3;1-5H3;5-7H,1-4H3/t;7-;;6-;6?,7-,8?;;8-;;6-,7?;;6-,7?/m.1.11.1.1.1/s1. The van der Waals surface area contributed by atoms with E-state index < -0.39 is 148 Å². The van der Waals surface area contributed by atoms with Crippen LogP contribution in [0.5, 0.6) is 0 Å². The molecule has 0 amide bonds. The third-order valence-corrected chi connectivity index (χ3v) is 32.4. The Morgan fingerprint density at radius 3 is 0.806 bits per heavy atom. The lowest BCUT2D eigenvalue weighted by Gasteiger charge is -2.51. The zero-order valence-corrected chi connectivity index (χ0v) is 87.8. The Kier molecular flexibility index (Phi) is 55.5. The zero-order chi connectivity index (χ0) is 106. The molecule has 0 heterocycles. The average molecular weight is 1940 g/mol. The molecular formula is C99H182F30. The highest BCUT2D eigenvalue weighted by molar-refractivity contribution is 5.00. The number of hydrogen-bond donors (Lipinski definition) is 0. The van der Waals surface area contributed by atoms with Gasteiger partial charge in [0.2, 0.25) is 0 Å². The Morgan fingerprint density at radius 2 is 0.643 bits per heavy atom. The van der Waals surface area contributed by atoms with Crippen LogP contribution in [0, 0.1) is 166 Å². The van der Waals surface area contributed by atoms with Crippen LogP contribution in [-0.4, -0.2) is 61.8 Å². The van der Waals surface area contributed by atoms with E-state index in [0.717, 1.165) is 63.2 Å². The predicted molar refractivity (Wildman–Crippen MR) is 474 cm³/mol. The van der Waals surface area contributed by atoms with Gasteiger partial charge in [0.25, 0.3) is 0 Å².